The van der Waals surface area contributed by atoms with E-state index in [0.717, 1.165) is 16.3 Å². The van der Waals surface area contributed by atoms with E-state index < -0.39 is 8.56 Å². The van der Waals surface area contributed by atoms with Crippen molar-refractivity contribution in [3.8, 4) is 0 Å². The molecular formula is C10H15ClO2Si. The normalized spacial score (nSPS) is 11.7. The Morgan fingerprint density at radius 1 is 1.14 bits per heavy atom. The lowest BCUT2D eigenvalue weighted by atomic mass is 10.4. The van der Waals surface area contributed by atoms with E-state index in [1.807, 2.05) is 24.3 Å². The lowest BCUT2D eigenvalue weighted by Gasteiger charge is -2.26. The number of hydrogen-bond donors (Lipinski definition) is 0. The molecule has 0 aliphatic rings. The summed E-state index contributed by atoms with van der Waals surface area (Å²) in [5.74, 6) is 0. The van der Waals surface area contributed by atoms with E-state index in [1.54, 1.807) is 14.2 Å². The third-order valence-corrected chi connectivity index (χ3v) is 6.12. The van der Waals surface area contributed by atoms with Crippen molar-refractivity contribution in [2.45, 2.75) is 13.0 Å². The fourth-order valence-corrected chi connectivity index (χ4v) is 3.94. The van der Waals surface area contributed by atoms with Crippen molar-refractivity contribution in [3.63, 3.8) is 0 Å². The van der Waals surface area contributed by atoms with Crippen molar-refractivity contribution < 1.29 is 8.85 Å². The van der Waals surface area contributed by atoms with Crippen LogP contribution in [-0.4, -0.2) is 22.8 Å². The fourth-order valence-electron chi connectivity index (χ4n) is 1.52. The molecule has 0 saturated heterocycles. The van der Waals surface area contributed by atoms with Crippen LogP contribution in [0.25, 0.3) is 0 Å². The average molecular weight is 231 g/mol. The molecule has 0 spiro atoms. The highest BCUT2D eigenvalue weighted by atomic mass is 35.5. The standard InChI is InChI=1S/C10H15ClO2Si/c1-4-14(12-2,13-3)10-7-5-9(11)6-8-10/h5-8H,4H2,1-3H3. The van der Waals surface area contributed by atoms with Gasteiger partial charge in [-0.05, 0) is 23.4 Å². The molecule has 0 amide bonds. The Balaban J connectivity index is 3.05. The van der Waals surface area contributed by atoms with Crippen LogP contribution in [0.5, 0.6) is 0 Å². The molecule has 0 bridgehead atoms. The number of hydrogen-bond acceptors (Lipinski definition) is 2. The molecule has 0 radical (unpaired) electrons. The van der Waals surface area contributed by atoms with Crippen LogP contribution in [-0.2, 0) is 8.85 Å². The zero-order valence-corrected chi connectivity index (χ0v) is 10.5. The second-order valence-corrected chi connectivity index (χ2v) is 7.06. The van der Waals surface area contributed by atoms with Crippen LogP contribution < -0.4 is 5.19 Å². The van der Waals surface area contributed by atoms with Crippen molar-refractivity contribution in [1.82, 2.24) is 0 Å². The molecule has 0 heterocycles. The summed E-state index contributed by atoms with van der Waals surface area (Å²) in [5, 5.41) is 1.86. The Morgan fingerprint density at radius 3 is 2.00 bits per heavy atom. The van der Waals surface area contributed by atoms with Gasteiger partial charge in [-0.1, -0.05) is 30.7 Å². The average Bonchev–Trinajstić information content (AvgIpc) is 2.24. The minimum atomic E-state index is -2.18. The zero-order valence-electron chi connectivity index (χ0n) is 8.71. The predicted octanol–water partition coefficient (Wildman–Crippen LogP) is 2.30. The van der Waals surface area contributed by atoms with E-state index >= 15 is 0 Å². The number of benzene rings is 1. The molecule has 2 nitrogen and oxygen atoms in total. The Morgan fingerprint density at radius 2 is 1.64 bits per heavy atom. The molecular weight excluding hydrogens is 216 g/mol. The molecule has 0 aliphatic heterocycles. The monoisotopic (exact) mass is 230 g/mol. The maximum absolute atomic E-state index is 5.83. The van der Waals surface area contributed by atoms with Gasteiger partial charge in [-0.15, -0.1) is 0 Å². The van der Waals surface area contributed by atoms with E-state index in [9.17, 15) is 0 Å². The van der Waals surface area contributed by atoms with Gasteiger partial charge in [0, 0.05) is 19.2 Å². The summed E-state index contributed by atoms with van der Waals surface area (Å²) in [6.07, 6.45) is 0. The van der Waals surface area contributed by atoms with E-state index in [1.165, 1.54) is 0 Å². The quantitative estimate of drug-likeness (QED) is 0.740. The van der Waals surface area contributed by atoms with Crippen LogP contribution in [0, 0.1) is 0 Å². The largest absolute Gasteiger partial charge is 0.394 e. The minimum absolute atomic E-state index is 0.736. The van der Waals surface area contributed by atoms with Crippen molar-refractivity contribution in [2.24, 2.45) is 0 Å². The van der Waals surface area contributed by atoms with Gasteiger partial charge >= 0.3 is 8.56 Å². The zero-order chi connectivity index (χ0) is 10.6. The van der Waals surface area contributed by atoms with Crippen LogP contribution >= 0.6 is 11.6 Å². The van der Waals surface area contributed by atoms with Crippen molar-refractivity contribution >= 4 is 25.3 Å². The minimum Gasteiger partial charge on any atom is -0.394 e. The number of halogens is 1. The molecule has 78 valence electrons. The van der Waals surface area contributed by atoms with Crippen molar-refractivity contribution in [3.05, 3.63) is 29.3 Å². The highest BCUT2D eigenvalue weighted by Crippen LogP contribution is 2.13. The summed E-state index contributed by atoms with van der Waals surface area (Å²) in [5.41, 5.74) is 0. The first kappa shape index (κ1) is 11.7. The summed E-state index contributed by atoms with van der Waals surface area (Å²) >= 11 is 5.83. The second kappa shape index (κ2) is 4.93. The summed E-state index contributed by atoms with van der Waals surface area (Å²) in [6, 6.07) is 8.58. The van der Waals surface area contributed by atoms with Crippen LogP contribution in [0.3, 0.4) is 0 Å². The molecule has 0 saturated carbocycles. The first-order valence-electron chi connectivity index (χ1n) is 4.55. The summed E-state index contributed by atoms with van der Waals surface area (Å²) in [7, 11) is 1.23. The first-order valence-corrected chi connectivity index (χ1v) is 6.95. The van der Waals surface area contributed by atoms with Gasteiger partial charge in [0.1, 0.15) is 0 Å². The van der Waals surface area contributed by atoms with Crippen LogP contribution in [0.4, 0.5) is 0 Å². The van der Waals surface area contributed by atoms with Gasteiger partial charge in [0.2, 0.25) is 0 Å². The Kier molecular flexibility index (Phi) is 4.13. The molecule has 1 rings (SSSR count). The Labute approximate surface area is 91.0 Å². The lowest BCUT2D eigenvalue weighted by molar-refractivity contribution is 0.259. The molecule has 0 atom stereocenters. The topological polar surface area (TPSA) is 18.5 Å². The maximum Gasteiger partial charge on any atom is 0.371 e. The summed E-state index contributed by atoms with van der Waals surface area (Å²) < 4.78 is 11.1. The van der Waals surface area contributed by atoms with Crippen LogP contribution in [0.15, 0.2) is 24.3 Å². The van der Waals surface area contributed by atoms with E-state index in [4.69, 9.17) is 20.5 Å². The van der Waals surface area contributed by atoms with E-state index in [0.29, 0.717) is 0 Å². The molecule has 4 heteroatoms. The first-order chi connectivity index (χ1) is 6.68. The van der Waals surface area contributed by atoms with Gasteiger partial charge < -0.3 is 8.85 Å². The summed E-state index contributed by atoms with van der Waals surface area (Å²) in [6.45, 7) is 2.08. The Hall–Kier alpha value is -0.353. The van der Waals surface area contributed by atoms with Gasteiger partial charge in [0.25, 0.3) is 0 Å². The van der Waals surface area contributed by atoms with E-state index in [2.05, 4.69) is 6.92 Å². The van der Waals surface area contributed by atoms with Crippen molar-refractivity contribution in [2.75, 3.05) is 14.2 Å². The molecule has 0 aliphatic carbocycles. The third kappa shape index (κ3) is 2.17. The highest BCUT2D eigenvalue weighted by Gasteiger charge is 2.35. The van der Waals surface area contributed by atoms with Gasteiger partial charge in [0.05, 0.1) is 0 Å². The molecule has 0 aromatic heterocycles. The molecule has 14 heavy (non-hydrogen) atoms. The fraction of sp³-hybridized carbons (Fsp3) is 0.400. The van der Waals surface area contributed by atoms with Crippen LogP contribution in [0.2, 0.25) is 11.1 Å². The molecule has 0 unspecified atom stereocenters. The Bertz CT molecular complexity index is 274. The molecule has 0 N–H and O–H groups in total. The van der Waals surface area contributed by atoms with E-state index in [-0.39, 0.29) is 0 Å². The van der Waals surface area contributed by atoms with Gasteiger partial charge in [-0.2, -0.15) is 0 Å². The summed E-state index contributed by atoms with van der Waals surface area (Å²) in [4.78, 5) is 0. The number of rotatable bonds is 4. The van der Waals surface area contributed by atoms with Gasteiger partial charge in [-0.25, -0.2) is 0 Å². The van der Waals surface area contributed by atoms with Crippen molar-refractivity contribution in [1.29, 1.82) is 0 Å². The molecule has 1 aromatic carbocycles. The van der Waals surface area contributed by atoms with Crippen LogP contribution in [0.1, 0.15) is 6.92 Å². The van der Waals surface area contributed by atoms with Gasteiger partial charge in [0.15, 0.2) is 0 Å². The SMILES string of the molecule is CC[Si](OC)(OC)c1ccc(Cl)cc1. The highest BCUT2D eigenvalue weighted by molar-refractivity contribution is 6.81. The third-order valence-electron chi connectivity index (χ3n) is 2.41. The lowest BCUT2D eigenvalue weighted by Crippen LogP contribution is -2.51. The van der Waals surface area contributed by atoms with Gasteiger partial charge in [-0.3, -0.25) is 0 Å². The molecule has 0 fully saturated rings. The maximum atomic E-state index is 5.83. The predicted molar refractivity (Wildman–Crippen MR) is 61.3 cm³/mol. The smallest absolute Gasteiger partial charge is 0.371 e. The molecule has 1 aromatic rings. The second-order valence-electron chi connectivity index (χ2n) is 3.02.